The molecular weight excluding hydrogens is 292 g/mol. The lowest BCUT2D eigenvalue weighted by Crippen LogP contribution is -2.18. The van der Waals surface area contributed by atoms with Crippen LogP contribution in [0, 0.1) is 0 Å². The van der Waals surface area contributed by atoms with Crippen molar-refractivity contribution in [3.63, 3.8) is 0 Å². The van der Waals surface area contributed by atoms with Crippen molar-refractivity contribution in [1.29, 1.82) is 0 Å². The molecule has 0 aliphatic rings. The second-order valence-corrected chi connectivity index (χ2v) is 4.97. The lowest BCUT2D eigenvalue weighted by Gasteiger charge is -2.02. The van der Waals surface area contributed by atoms with Crippen LogP contribution < -0.4 is 5.32 Å². The first-order valence-electron chi connectivity index (χ1n) is 6.05. The molecule has 2 aromatic rings. The third kappa shape index (κ3) is 4.22. The minimum absolute atomic E-state index is 0.0219. The number of rotatable bonds is 5. The van der Waals surface area contributed by atoms with Gasteiger partial charge in [-0.3, -0.25) is 9.59 Å². The molecule has 0 saturated carbocycles. The number of anilines is 1. The molecule has 1 heterocycles. The van der Waals surface area contributed by atoms with E-state index in [4.69, 9.17) is 4.74 Å². The Morgan fingerprint density at radius 2 is 1.95 bits per heavy atom. The van der Waals surface area contributed by atoms with Crippen LogP contribution in [0.25, 0.3) is 0 Å². The van der Waals surface area contributed by atoms with Gasteiger partial charge in [-0.1, -0.05) is 30.3 Å². The van der Waals surface area contributed by atoms with Crippen molar-refractivity contribution in [1.82, 2.24) is 4.98 Å². The molecule has 6 nitrogen and oxygen atoms in total. The van der Waals surface area contributed by atoms with Crippen LogP contribution >= 0.6 is 11.3 Å². The number of carbonyl (C=O) groups excluding carboxylic acids is 3. The summed E-state index contributed by atoms with van der Waals surface area (Å²) >= 11 is 1.07. The van der Waals surface area contributed by atoms with E-state index in [9.17, 15) is 14.4 Å². The molecule has 2 rings (SSSR count). The van der Waals surface area contributed by atoms with Gasteiger partial charge in [0.2, 0.25) is 5.91 Å². The predicted octanol–water partition coefficient (Wildman–Crippen LogP) is 2.03. The number of aromatic nitrogens is 1. The Morgan fingerprint density at radius 3 is 2.62 bits per heavy atom. The summed E-state index contributed by atoms with van der Waals surface area (Å²) < 4.78 is 4.92. The Balaban J connectivity index is 1.94. The Labute approximate surface area is 124 Å². The standard InChI is InChI=1S/C14H12N2O4S/c1-9(17)15-14-16-11(8-21-14)12(18)13(19)20-7-10-5-3-2-4-6-10/h2-6,8H,7H2,1H3,(H,15,16,17). The van der Waals surface area contributed by atoms with Gasteiger partial charge in [0.1, 0.15) is 12.3 Å². The van der Waals surface area contributed by atoms with E-state index in [0.717, 1.165) is 16.9 Å². The van der Waals surface area contributed by atoms with Crippen LogP contribution in [-0.4, -0.2) is 22.6 Å². The SMILES string of the molecule is CC(=O)Nc1nc(C(=O)C(=O)OCc2ccccc2)cs1. The number of carbonyl (C=O) groups is 3. The number of nitrogens with zero attached hydrogens (tertiary/aromatic N) is 1. The average molecular weight is 304 g/mol. The lowest BCUT2D eigenvalue weighted by molar-refractivity contribution is -0.139. The number of esters is 1. The molecule has 0 aliphatic heterocycles. The summed E-state index contributed by atoms with van der Waals surface area (Å²) in [5.74, 6) is -2.10. The predicted molar refractivity (Wildman–Crippen MR) is 77.0 cm³/mol. The summed E-state index contributed by atoms with van der Waals surface area (Å²) in [4.78, 5) is 38.2. The van der Waals surface area contributed by atoms with Gasteiger partial charge >= 0.3 is 5.97 Å². The van der Waals surface area contributed by atoms with E-state index in [1.807, 2.05) is 18.2 Å². The van der Waals surface area contributed by atoms with E-state index in [0.29, 0.717) is 0 Å². The number of nitrogens with one attached hydrogen (secondary N) is 1. The number of thiazole rings is 1. The van der Waals surface area contributed by atoms with E-state index in [-0.39, 0.29) is 23.3 Å². The summed E-state index contributed by atoms with van der Waals surface area (Å²) in [7, 11) is 0. The van der Waals surface area contributed by atoms with Gasteiger partial charge in [-0.2, -0.15) is 0 Å². The van der Waals surface area contributed by atoms with Gasteiger partial charge in [-0.25, -0.2) is 9.78 Å². The molecule has 1 aromatic heterocycles. The van der Waals surface area contributed by atoms with Gasteiger partial charge in [0.05, 0.1) is 0 Å². The van der Waals surface area contributed by atoms with Crippen LogP contribution in [0.5, 0.6) is 0 Å². The van der Waals surface area contributed by atoms with Gasteiger partial charge < -0.3 is 10.1 Å². The highest BCUT2D eigenvalue weighted by Gasteiger charge is 2.21. The normalized spacial score (nSPS) is 9.95. The zero-order valence-electron chi connectivity index (χ0n) is 11.2. The third-order valence-corrected chi connectivity index (χ3v) is 3.18. The first-order valence-corrected chi connectivity index (χ1v) is 6.92. The lowest BCUT2D eigenvalue weighted by atomic mass is 10.2. The van der Waals surface area contributed by atoms with Crippen molar-refractivity contribution in [2.75, 3.05) is 5.32 Å². The van der Waals surface area contributed by atoms with Crippen LogP contribution in [0.3, 0.4) is 0 Å². The van der Waals surface area contributed by atoms with E-state index < -0.39 is 11.8 Å². The quantitative estimate of drug-likeness (QED) is 0.519. The molecule has 0 bridgehead atoms. The molecule has 0 unspecified atom stereocenters. The van der Waals surface area contributed by atoms with Crippen LogP contribution in [0.2, 0.25) is 0 Å². The maximum Gasteiger partial charge on any atom is 0.381 e. The second kappa shape index (κ2) is 6.76. The molecule has 0 saturated heterocycles. The van der Waals surface area contributed by atoms with Crippen molar-refractivity contribution in [2.24, 2.45) is 0 Å². The van der Waals surface area contributed by atoms with E-state index in [1.165, 1.54) is 12.3 Å². The van der Waals surface area contributed by atoms with Gasteiger partial charge in [0, 0.05) is 12.3 Å². The first kappa shape index (κ1) is 14.9. The third-order valence-electron chi connectivity index (χ3n) is 2.42. The minimum Gasteiger partial charge on any atom is -0.455 e. The first-order chi connectivity index (χ1) is 10.1. The molecule has 21 heavy (non-hydrogen) atoms. The fourth-order valence-electron chi connectivity index (χ4n) is 1.48. The summed E-state index contributed by atoms with van der Waals surface area (Å²) in [6.07, 6.45) is 0. The summed E-state index contributed by atoms with van der Waals surface area (Å²) in [6, 6.07) is 9.04. The number of hydrogen-bond acceptors (Lipinski definition) is 6. The van der Waals surface area contributed by atoms with Crippen LogP contribution in [0.1, 0.15) is 23.0 Å². The second-order valence-electron chi connectivity index (χ2n) is 4.11. The molecular formula is C14H12N2O4S. The number of benzene rings is 1. The van der Waals surface area contributed by atoms with Crippen molar-refractivity contribution in [3.8, 4) is 0 Å². The zero-order chi connectivity index (χ0) is 15.2. The maximum atomic E-state index is 11.8. The van der Waals surface area contributed by atoms with Crippen molar-refractivity contribution < 1.29 is 19.1 Å². The fourth-order valence-corrected chi connectivity index (χ4v) is 2.22. The molecule has 1 amide bonds. The summed E-state index contributed by atoms with van der Waals surface area (Å²) in [5, 5.41) is 4.11. The molecule has 1 N–H and O–H groups in total. The largest absolute Gasteiger partial charge is 0.455 e. The van der Waals surface area contributed by atoms with Crippen molar-refractivity contribution >= 4 is 34.1 Å². The van der Waals surface area contributed by atoms with Gasteiger partial charge in [0.15, 0.2) is 5.13 Å². The zero-order valence-corrected chi connectivity index (χ0v) is 12.0. The summed E-state index contributed by atoms with van der Waals surface area (Å²) in [5.41, 5.74) is 0.748. The van der Waals surface area contributed by atoms with E-state index >= 15 is 0 Å². The van der Waals surface area contributed by atoms with E-state index in [2.05, 4.69) is 10.3 Å². The highest BCUT2D eigenvalue weighted by molar-refractivity contribution is 7.14. The van der Waals surface area contributed by atoms with Gasteiger partial charge in [-0.05, 0) is 5.56 Å². The monoisotopic (exact) mass is 304 g/mol. The molecule has 0 atom stereocenters. The molecule has 0 fully saturated rings. The molecule has 0 aliphatic carbocycles. The Morgan fingerprint density at radius 1 is 1.24 bits per heavy atom. The Hall–Kier alpha value is -2.54. The maximum absolute atomic E-state index is 11.8. The molecule has 0 spiro atoms. The van der Waals surface area contributed by atoms with Crippen LogP contribution in [0.15, 0.2) is 35.7 Å². The molecule has 0 radical (unpaired) electrons. The van der Waals surface area contributed by atoms with Crippen LogP contribution in [-0.2, 0) is 20.9 Å². The Kier molecular flexibility index (Phi) is 4.78. The smallest absolute Gasteiger partial charge is 0.381 e. The van der Waals surface area contributed by atoms with Crippen molar-refractivity contribution in [3.05, 3.63) is 47.0 Å². The van der Waals surface area contributed by atoms with Gasteiger partial charge in [0.25, 0.3) is 5.78 Å². The molecule has 108 valence electrons. The Bertz CT molecular complexity index is 667. The number of ketones is 1. The average Bonchev–Trinajstić information content (AvgIpc) is 2.92. The molecule has 7 heteroatoms. The number of hydrogen-bond donors (Lipinski definition) is 1. The van der Waals surface area contributed by atoms with Crippen LogP contribution in [0.4, 0.5) is 5.13 Å². The highest BCUT2D eigenvalue weighted by atomic mass is 32.1. The minimum atomic E-state index is -0.974. The van der Waals surface area contributed by atoms with Crippen molar-refractivity contribution in [2.45, 2.75) is 13.5 Å². The number of ether oxygens (including phenoxy) is 1. The number of Topliss-reactive ketones (excluding diaryl/α,β-unsaturated/α-hetero) is 1. The fraction of sp³-hybridized carbons (Fsp3) is 0.143. The van der Waals surface area contributed by atoms with Gasteiger partial charge in [-0.15, -0.1) is 11.3 Å². The topological polar surface area (TPSA) is 85.4 Å². The summed E-state index contributed by atoms with van der Waals surface area (Å²) in [6.45, 7) is 1.35. The molecule has 1 aromatic carbocycles. The highest BCUT2D eigenvalue weighted by Crippen LogP contribution is 2.16. The van der Waals surface area contributed by atoms with E-state index in [1.54, 1.807) is 12.1 Å². The number of amides is 1.